The molecule has 2 atom stereocenters. The lowest BCUT2D eigenvalue weighted by atomic mass is 9.82. The molecule has 2 bridgehead atoms. The summed E-state index contributed by atoms with van der Waals surface area (Å²) in [4.78, 5) is 2.73. The van der Waals surface area contributed by atoms with Gasteiger partial charge in [-0.05, 0) is 38.2 Å². The van der Waals surface area contributed by atoms with Crippen molar-refractivity contribution < 1.29 is 0 Å². The number of rotatable bonds is 4. The molecule has 3 heterocycles. The standard InChI is InChI=1S/C14H24N4/c15-12-10-13-4-1-5-14(11-12)18(13)9-3-8-17-7-2-6-16-17/h2,6-7,12-14H,1,3-5,8-11,15H2. The number of aryl methyl sites for hydroxylation is 1. The molecular weight excluding hydrogens is 224 g/mol. The van der Waals surface area contributed by atoms with Gasteiger partial charge in [-0.2, -0.15) is 5.10 Å². The predicted octanol–water partition coefficient (Wildman–Crippen LogP) is 1.62. The van der Waals surface area contributed by atoms with Gasteiger partial charge in [0, 0.05) is 43.6 Å². The SMILES string of the molecule is NC1CC2CCCC(C1)N2CCCn1cccn1. The second-order valence-electron chi connectivity index (χ2n) is 5.83. The second-order valence-corrected chi connectivity index (χ2v) is 5.83. The molecular formula is C14H24N4. The van der Waals surface area contributed by atoms with Crippen molar-refractivity contribution >= 4 is 0 Å². The fourth-order valence-corrected chi connectivity index (χ4v) is 3.73. The Kier molecular flexibility index (Phi) is 3.66. The highest BCUT2D eigenvalue weighted by molar-refractivity contribution is 4.93. The zero-order valence-electron chi connectivity index (χ0n) is 11.0. The number of piperidine rings is 2. The van der Waals surface area contributed by atoms with Gasteiger partial charge in [-0.1, -0.05) is 6.42 Å². The minimum Gasteiger partial charge on any atom is -0.328 e. The molecule has 0 aromatic carbocycles. The summed E-state index contributed by atoms with van der Waals surface area (Å²) in [7, 11) is 0. The predicted molar refractivity (Wildman–Crippen MR) is 72.2 cm³/mol. The Morgan fingerprint density at radius 3 is 2.61 bits per heavy atom. The molecule has 4 heteroatoms. The largest absolute Gasteiger partial charge is 0.328 e. The van der Waals surface area contributed by atoms with Crippen LogP contribution in [0.2, 0.25) is 0 Å². The van der Waals surface area contributed by atoms with E-state index in [9.17, 15) is 0 Å². The lowest BCUT2D eigenvalue weighted by Gasteiger charge is -2.48. The first-order valence-electron chi connectivity index (χ1n) is 7.31. The average molecular weight is 248 g/mol. The van der Waals surface area contributed by atoms with Gasteiger partial charge in [0.15, 0.2) is 0 Å². The van der Waals surface area contributed by atoms with Crippen molar-refractivity contribution in [3.05, 3.63) is 18.5 Å². The normalized spacial score (nSPS) is 32.6. The third-order valence-corrected chi connectivity index (χ3v) is 4.53. The van der Waals surface area contributed by atoms with Gasteiger partial charge in [0.1, 0.15) is 0 Å². The second kappa shape index (κ2) is 5.41. The van der Waals surface area contributed by atoms with Gasteiger partial charge in [0.05, 0.1) is 0 Å². The van der Waals surface area contributed by atoms with Crippen molar-refractivity contribution in [1.29, 1.82) is 0 Å². The molecule has 2 aliphatic heterocycles. The van der Waals surface area contributed by atoms with Gasteiger partial charge in [0.25, 0.3) is 0 Å². The summed E-state index contributed by atoms with van der Waals surface area (Å²) in [6.45, 7) is 2.25. The van der Waals surface area contributed by atoms with E-state index in [-0.39, 0.29) is 0 Å². The molecule has 0 radical (unpaired) electrons. The third-order valence-electron chi connectivity index (χ3n) is 4.53. The molecule has 18 heavy (non-hydrogen) atoms. The van der Waals surface area contributed by atoms with E-state index in [0.717, 1.165) is 18.6 Å². The van der Waals surface area contributed by atoms with Crippen molar-refractivity contribution in [2.75, 3.05) is 6.54 Å². The van der Waals surface area contributed by atoms with Crippen LogP contribution in [0.4, 0.5) is 0 Å². The number of aromatic nitrogens is 2. The monoisotopic (exact) mass is 248 g/mol. The summed E-state index contributed by atoms with van der Waals surface area (Å²) in [5, 5.41) is 4.26. The molecule has 0 saturated carbocycles. The van der Waals surface area contributed by atoms with E-state index in [4.69, 9.17) is 5.73 Å². The van der Waals surface area contributed by atoms with Crippen LogP contribution in [-0.4, -0.2) is 39.4 Å². The van der Waals surface area contributed by atoms with E-state index in [0.29, 0.717) is 6.04 Å². The topological polar surface area (TPSA) is 47.1 Å². The van der Waals surface area contributed by atoms with Crippen LogP contribution in [-0.2, 0) is 6.54 Å². The average Bonchev–Trinajstić information content (AvgIpc) is 2.83. The lowest BCUT2D eigenvalue weighted by molar-refractivity contribution is 0.0296. The minimum atomic E-state index is 0.447. The van der Waals surface area contributed by atoms with Crippen LogP contribution >= 0.6 is 0 Å². The summed E-state index contributed by atoms with van der Waals surface area (Å²) in [6, 6.07) is 3.95. The summed E-state index contributed by atoms with van der Waals surface area (Å²) in [6.07, 6.45) is 11.6. The summed E-state index contributed by atoms with van der Waals surface area (Å²) in [5.74, 6) is 0. The molecule has 0 amide bonds. The number of nitrogens with zero attached hydrogens (tertiary/aromatic N) is 3. The van der Waals surface area contributed by atoms with E-state index in [1.807, 2.05) is 23.1 Å². The molecule has 100 valence electrons. The Morgan fingerprint density at radius 2 is 1.94 bits per heavy atom. The summed E-state index contributed by atoms with van der Waals surface area (Å²) in [5.41, 5.74) is 6.15. The first kappa shape index (κ1) is 12.2. The molecule has 1 aromatic heterocycles. The molecule has 3 rings (SSSR count). The van der Waals surface area contributed by atoms with Crippen LogP contribution in [0.3, 0.4) is 0 Å². The zero-order valence-corrected chi connectivity index (χ0v) is 11.0. The maximum absolute atomic E-state index is 6.15. The van der Waals surface area contributed by atoms with E-state index in [2.05, 4.69) is 10.00 Å². The fraction of sp³-hybridized carbons (Fsp3) is 0.786. The Morgan fingerprint density at radius 1 is 1.17 bits per heavy atom. The molecule has 2 saturated heterocycles. The molecule has 0 aliphatic carbocycles. The highest BCUT2D eigenvalue weighted by atomic mass is 15.3. The van der Waals surface area contributed by atoms with Gasteiger partial charge >= 0.3 is 0 Å². The smallest absolute Gasteiger partial charge is 0.0489 e. The maximum Gasteiger partial charge on any atom is 0.0489 e. The van der Waals surface area contributed by atoms with Gasteiger partial charge < -0.3 is 5.73 Å². The number of nitrogens with two attached hydrogens (primary N) is 1. The summed E-state index contributed by atoms with van der Waals surface area (Å²) < 4.78 is 2.03. The quantitative estimate of drug-likeness (QED) is 0.880. The Balaban J connectivity index is 1.52. The van der Waals surface area contributed by atoms with Gasteiger partial charge in [0.2, 0.25) is 0 Å². The van der Waals surface area contributed by atoms with Crippen LogP contribution < -0.4 is 5.73 Å². The van der Waals surface area contributed by atoms with Crippen molar-refractivity contribution in [2.24, 2.45) is 5.73 Å². The first-order valence-corrected chi connectivity index (χ1v) is 7.31. The summed E-state index contributed by atoms with van der Waals surface area (Å²) >= 11 is 0. The minimum absolute atomic E-state index is 0.447. The first-order chi connectivity index (χ1) is 8.83. The van der Waals surface area contributed by atoms with E-state index in [1.54, 1.807) is 0 Å². The molecule has 2 aliphatic rings. The fourth-order valence-electron chi connectivity index (χ4n) is 3.73. The van der Waals surface area contributed by atoms with Crippen LogP contribution in [0.25, 0.3) is 0 Å². The highest BCUT2D eigenvalue weighted by Gasteiger charge is 2.36. The molecule has 2 fully saturated rings. The molecule has 2 N–H and O–H groups in total. The van der Waals surface area contributed by atoms with E-state index in [1.165, 1.54) is 45.1 Å². The van der Waals surface area contributed by atoms with Crippen LogP contribution in [0.15, 0.2) is 18.5 Å². The zero-order chi connectivity index (χ0) is 12.4. The Hall–Kier alpha value is -0.870. The van der Waals surface area contributed by atoms with E-state index < -0.39 is 0 Å². The molecule has 4 nitrogen and oxygen atoms in total. The van der Waals surface area contributed by atoms with Crippen LogP contribution in [0.1, 0.15) is 38.5 Å². The van der Waals surface area contributed by atoms with Gasteiger partial charge in [-0.3, -0.25) is 9.58 Å². The van der Waals surface area contributed by atoms with Crippen molar-refractivity contribution in [2.45, 2.75) is 63.2 Å². The lowest BCUT2D eigenvalue weighted by Crippen LogP contribution is -2.55. The molecule has 0 spiro atoms. The number of hydrogen-bond acceptors (Lipinski definition) is 3. The van der Waals surface area contributed by atoms with Crippen molar-refractivity contribution in [1.82, 2.24) is 14.7 Å². The van der Waals surface area contributed by atoms with Crippen LogP contribution in [0.5, 0.6) is 0 Å². The number of hydrogen-bond donors (Lipinski definition) is 1. The number of fused-ring (bicyclic) bond motifs is 2. The molecule has 1 aromatic rings. The Labute approximate surface area is 109 Å². The maximum atomic E-state index is 6.15. The Bertz CT molecular complexity index is 348. The van der Waals surface area contributed by atoms with E-state index >= 15 is 0 Å². The van der Waals surface area contributed by atoms with Crippen molar-refractivity contribution in [3.63, 3.8) is 0 Å². The third kappa shape index (κ3) is 2.59. The van der Waals surface area contributed by atoms with Crippen molar-refractivity contribution in [3.8, 4) is 0 Å². The highest BCUT2D eigenvalue weighted by Crippen LogP contribution is 2.33. The van der Waals surface area contributed by atoms with Gasteiger partial charge in [-0.15, -0.1) is 0 Å². The van der Waals surface area contributed by atoms with Gasteiger partial charge in [-0.25, -0.2) is 0 Å². The van der Waals surface area contributed by atoms with Crippen LogP contribution in [0, 0.1) is 0 Å². The molecule has 2 unspecified atom stereocenters.